The summed E-state index contributed by atoms with van der Waals surface area (Å²) in [7, 11) is -4.21. The van der Waals surface area contributed by atoms with Crippen molar-refractivity contribution in [1.82, 2.24) is 14.6 Å². The Balaban J connectivity index is 0.993. The number of rotatable bonds is 12. The summed E-state index contributed by atoms with van der Waals surface area (Å²) >= 11 is 6.25. The summed E-state index contributed by atoms with van der Waals surface area (Å²) in [5.41, 5.74) is 8.03. The Bertz CT molecular complexity index is 2450. The van der Waals surface area contributed by atoms with Crippen LogP contribution in [0.4, 0.5) is 11.4 Å². The van der Waals surface area contributed by atoms with Crippen molar-refractivity contribution in [3.63, 3.8) is 0 Å². The fraction of sp³-hybridized carbons (Fsp3) is 0.383. The molecule has 2 saturated heterocycles. The Labute approximate surface area is 353 Å². The van der Waals surface area contributed by atoms with Gasteiger partial charge in [-0.15, -0.1) is 0 Å². The van der Waals surface area contributed by atoms with Crippen LogP contribution in [0.1, 0.15) is 67.4 Å². The van der Waals surface area contributed by atoms with E-state index in [1.165, 1.54) is 29.2 Å². The van der Waals surface area contributed by atoms with Crippen LogP contribution in [0, 0.1) is 18.3 Å². The summed E-state index contributed by atoms with van der Waals surface area (Å²) in [5, 5.41) is 5.07. The lowest BCUT2D eigenvalue weighted by atomic mass is 9.72. The fourth-order valence-corrected chi connectivity index (χ4v) is 9.76. The van der Waals surface area contributed by atoms with Crippen molar-refractivity contribution in [2.24, 2.45) is 11.3 Å². The number of allylic oxidation sites excluding steroid dienone is 1. The molecule has 0 atom stereocenters. The predicted molar refractivity (Wildman–Crippen MR) is 237 cm³/mol. The molecule has 1 aromatic heterocycles. The van der Waals surface area contributed by atoms with E-state index in [4.69, 9.17) is 21.1 Å². The molecule has 4 aromatic carbocycles. The summed E-state index contributed by atoms with van der Waals surface area (Å²) in [6, 6.07) is 26.2. The number of aromatic amines is 1. The molecular weight excluding hydrogens is 782 g/mol. The molecule has 0 radical (unpaired) electrons. The minimum absolute atomic E-state index is 0.0157. The Morgan fingerprint density at radius 1 is 0.949 bits per heavy atom. The van der Waals surface area contributed by atoms with Gasteiger partial charge in [0.15, 0.2) is 0 Å². The summed E-state index contributed by atoms with van der Waals surface area (Å²) < 4.78 is 41.7. The number of benzene rings is 4. The monoisotopic (exact) mass is 835 g/mol. The van der Waals surface area contributed by atoms with Crippen molar-refractivity contribution in [3.8, 4) is 11.5 Å². The lowest BCUT2D eigenvalue weighted by Crippen LogP contribution is -2.47. The van der Waals surface area contributed by atoms with E-state index in [-0.39, 0.29) is 21.6 Å². The molecule has 0 spiro atoms. The van der Waals surface area contributed by atoms with Gasteiger partial charge in [0.2, 0.25) is 0 Å². The lowest BCUT2D eigenvalue weighted by Gasteiger charge is -2.39. The zero-order valence-electron chi connectivity index (χ0n) is 34.2. The number of amides is 1. The van der Waals surface area contributed by atoms with Crippen molar-refractivity contribution >= 4 is 55.4 Å². The van der Waals surface area contributed by atoms with E-state index in [1.807, 2.05) is 61.7 Å². The van der Waals surface area contributed by atoms with E-state index >= 15 is 0 Å². The van der Waals surface area contributed by atoms with Gasteiger partial charge in [-0.25, -0.2) is 13.1 Å². The van der Waals surface area contributed by atoms with Crippen LogP contribution in [0.5, 0.6) is 11.5 Å². The minimum Gasteiger partial charge on any atom is -0.456 e. The molecule has 5 aromatic rings. The van der Waals surface area contributed by atoms with Gasteiger partial charge < -0.3 is 24.7 Å². The Kier molecular flexibility index (Phi) is 12.1. The van der Waals surface area contributed by atoms with Gasteiger partial charge in [0.1, 0.15) is 11.5 Å². The number of piperazine rings is 1. The van der Waals surface area contributed by atoms with Crippen molar-refractivity contribution in [3.05, 3.63) is 118 Å². The third-order valence-electron chi connectivity index (χ3n) is 12.2. The number of anilines is 2. The number of fused-ring (bicyclic) bond motifs is 1. The normalized spacial score (nSPS) is 17.9. The number of halogens is 1. The summed E-state index contributed by atoms with van der Waals surface area (Å²) in [6.07, 6.45) is 7.13. The summed E-state index contributed by atoms with van der Waals surface area (Å²) in [6.45, 7) is 13.2. The topological polar surface area (TPSA) is 116 Å². The van der Waals surface area contributed by atoms with Crippen LogP contribution >= 0.6 is 11.6 Å². The number of nitrogens with one attached hydrogen (secondary N) is 3. The number of carbonyl (C=O) groups is 1. The third-order valence-corrected chi connectivity index (χ3v) is 13.8. The second kappa shape index (κ2) is 17.4. The van der Waals surface area contributed by atoms with E-state index in [0.717, 1.165) is 111 Å². The molecule has 310 valence electrons. The van der Waals surface area contributed by atoms with Gasteiger partial charge in [0.25, 0.3) is 15.9 Å². The number of nitrogens with zero attached hydrogens (tertiary/aromatic N) is 2. The second-order valence-electron chi connectivity index (χ2n) is 17.0. The number of ether oxygens (including phenoxy) is 2. The minimum atomic E-state index is -4.21. The molecule has 59 heavy (non-hydrogen) atoms. The predicted octanol–water partition coefficient (Wildman–Crippen LogP) is 9.67. The number of hydrogen-bond acceptors (Lipinski definition) is 8. The average molecular weight is 836 g/mol. The standard InChI is InChI=1S/C47H54ClN5O5S/c1-32-27-38(12-14-42(32)50-30-33-17-25-57-26-18-33)59(55,56)51-46(54)40-13-11-37(28-45(40)58-44-6-4-5-43-39(44)16-20-49-43)53-23-21-52(22-24-53)31-35-15-19-47(2,3)29-41(35)34-7-9-36(48)10-8-34/h4-14,16,20,27-28,33,49-50H,15,17-19,21-26,29-31H2,1-3H3,(H,51,54). The molecule has 0 bridgehead atoms. The molecule has 8 rings (SSSR count). The molecule has 0 unspecified atom stereocenters. The molecule has 1 aliphatic carbocycles. The zero-order chi connectivity index (χ0) is 41.1. The van der Waals surface area contributed by atoms with E-state index in [1.54, 1.807) is 18.2 Å². The molecule has 2 fully saturated rings. The second-order valence-corrected chi connectivity index (χ2v) is 19.1. The van der Waals surface area contributed by atoms with Crippen LogP contribution in [0.25, 0.3) is 16.5 Å². The van der Waals surface area contributed by atoms with Crippen LogP contribution in [-0.4, -0.2) is 76.7 Å². The lowest BCUT2D eigenvalue weighted by molar-refractivity contribution is 0.0699. The Morgan fingerprint density at radius 2 is 1.73 bits per heavy atom. The maximum Gasteiger partial charge on any atom is 0.268 e. The number of aromatic nitrogens is 1. The number of carbonyl (C=O) groups excluding carboxylic acids is 1. The van der Waals surface area contributed by atoms with Gasteiger partial charge in [0.05, 0.1) is 10.5 Å². The molecule has 3 heterocycles. The van der Waals surface area contributed by atoms with Gasteiger partial charge in [-0.2, -0.15) is 0 Å². The largest absolute Gasteiger partial charge is 0.456 e. The van der Waals surface area contributed by atoms with E-state index in [0.29, 0.717) is 11.7 Å². The van der Waals surface area contributed by atoms with Crippen molar-refractivity contribution < 1.29 is 22.7 Å². The van der Waals surface area contributed by atoms with Crippen molar-refractivity contribution in [2.75, 3.05) is 62.7 Å². The van der Waals surface area contributed by atoms with Crippen LogP contribution in [0.2, 0.25) is 5.02 Å². The highest BCUT2D eigenvalue weighted by atomic mass is 35.5. The highest BCUT2D eigenvalue weighted by Crippen LogP contribution is 2.43. The first-order valence-electron chi connectivity index (χ1n) is 20.7. The van der Waals surface area contributed by atoms with Gasteiger partial charge in [-0.05, 0) is 128 Å². The SMILES string of the molecule is Cc1cc(S(=O)(=O)NC(=O)c2ccc(N3CCN(CC4=C(c5ccc(Cl)cc5)CC(C)(C)CC4)CC3)cc2Oc2cccc3[nH]ccc23)ccc1NCC1CCOCC1. The van der Waals surface area contributed by atoms with Crippen LogP contribution in [0.15, 0.2) is 102 Å². The highest BCUT2D eigenvalue weighted by Gasteiger charge is 2.30. The van der Waals surface area contributed by atoms with Crippen molar-refractivity contribution in [1.29, 1.82) is 0 Å². The van der Waals surface area contributed by atoms with Gasteiger partial charge >= 0.3 is 0 Å². The molecule has 1 amide bonds. The smallest absolute Gasteiger partial charge is 0.268 e. The summed E-state index contributed by atoms with van der Waals surface area (Å²) in [5.74, 6) is 0.576. The maximum atomic E-state index is 14.0. The van der Waals surface area contributed by atoms with Gasteiger partial charge in [-0.3, -0.25) is 9.69 Å². The van der Waals surface area contributed by atoms with E-state index in [2.05, 4.69) is 50.8 Å². The highest BCUT2D eigenvalue weighted by molar-refractivity contribution is 7.90. The molecule has 12 heteroatoms. The van der Waals surface area contributed by atoms with E-state index < -0.39 is 15.9 Å². The average Bonchev–Trinajstić information content (AvgIpc) is 3.72. The first kappa shape index (κ1) is 40.9. The number of sulfonamides is 1. The maximum absolute atomic E-state index is 14.0. The Morgan fingerprint density at radius 3 is 2.49 bits per heavy atom. The fourth-order valence-electron chi connectivity index (χ4n) is 8.58. The number of hydrogen-bond donors (Lipinski definition) is 3. The summed E-state index contributed by atoms with van der Waals surface area (Å²) in [4.78, 5) is 22.0. The molecule has 3 N–H and O–H groups in total. The number of H-pyrrole nitrogens is 1. The quantitative estimate of drug-likeness (QED) is 0.114. The van der Waals surface area contributed by atoms with Crippen molar-refractivity contribution in [2.45, 2.75) is 57.8 Å². The third kappa shape index (κ3) is 9.65. The first-order valence-corrected chi connectivity index (χ1v) is 22.6. The van der Waals surface area contributed by atoms with Crippen LogP contribution in [-0.2, 0) is 14.8 Å². The van der Waals surface area contributed by atoms with Crippen LogP contribution in [0.3, 0.4) is 0 Å². The molecule has 3 aliphatic rings. The van der Waals surface area contributed by atoms with Crippen LogP contribution < -0.4 is 19.7 Å². The Hall–Kier alpha value is -4.81. The van der Waals surface area contributed by atoms with Gasteiger partial charge in [0, 0.05) is 92.0 Å². The molecular formula is C47H54ClN5O5S. The molecule has 2 aliphatic heterocycles. The number of aryl methyl sites for hydroxylation is 1. The first-order chi connectivity index (χ1) is 28.4. The zero-order valence-corrected chi connectivity index (χ0v) is 35.7. The van der Waals surface area contributed by atoms with Gasteiger partial charge in [-0.1, -0.05) is 49.2 Å². The molecule has 10 nitrogen and oxygen atoms in total. The molecule has 0 saturated carbocycles. The van der Waals surface area contributed by atoms with E-state index in [9.17, 15) is 13.2 Å².